The molecule has 0 saturated heterocycles. The fourth-order valence-electron chi connectivity index (χ4n) is 15.2. The van der Waals surface area contributed by atoms with Crippen LogP contribution in [0, 0.1) is 13.8 Å². The third-order valence-electron chi connectivity index (χ3n) is 19.3. The zero-order valence-electron chi connectivity index (χ0n) is 44.0. The Morgan fingerprint density at radius 1 is 0.500 bits per heavy atom. The largest absolute Gasteiger partial charge is 0.335 e. The minimum absolute atomic E-state index is 0.00354. The molecule has 4 heteroatoms. The van der Waals surface area contributed by atoms with Gasteiger partial charge in [-0.25, -0.2) is 0 Å². The first-order valence-electron chi connectivity index (χ1n) is 26.1. The van der Waals surface area contributed by atoms with Crippen molar-refractivity contribution in [1.29, 1.82) is 0 Å². The molecule has 0 radical (unpaired) electrons. The summed E-state index contributed by atoms with van der Waals surface area (Å²) in [5.41, 5.74) is 26.5. The van der Waals surface area contributed by atoms with E-state index in [0.29, 0.717) is 0 Å². The maximum Gasteiger partial charge on any atom is 0.252 e. The van der Waals surface area contributed by atoms with Crippen LogP contribution in [-0.4, -0.2) is 12.3 Å². The van der Waals surface area contributed by atoms with Gasteiger partial charge in [0.15, 0.2) is 0 Å². The highest BCUT2D eigenvalue weighted by molar-refractivity contribution is 7.00. The molecule has 0 N–H and O–H groups in total. The molecule has 3 nitrogen and oxygen atoms in total. The van der Waals surface area contributed by atoms with Crippen molar-refractivity contribution in [3.8, 4) is 0 Å². The fraction of sp³-hybridized carbons (Fsp3) is 0.438. The van der Waals surface area contributed by atoms with Crippen LogP contribution in [0.2, 0.25) is 0 Å². The monoisotopic (exact) mass is 896 g/mol. The van der Waals surface area contributed by atoms with Crippen molar-refractivity contribution in [2.75, 3.05) is 14.7 Å². The van der Waals surface area contributed by atoms with Gasteiger partial charge >= 0.3 is 0 Å². The Morgan fingerprint density at radius 3 is 1.81 bits per heavy atom. The van der Waals surface area contributed by atoms with E-state index in [1.165, 1.54) is 126 Å². The van der Waals surface area contributed by atoms with E-state index < -0.39 is 0 Å². The van der Waals surface area contributed by atoms with Crippen molar-refractivity contribution in [2.24, 2.45) is 0 Å². The number of anilines is 7. The first-order valence-corrected chi connectivity index (χ1v) is 26.1. The molecule has 2 aliphatic carbocycles. The van der Waals surface area contributed by atoms with E-state index in [0.717, 1.165) is 12.8 Å². The Hall–Kier alpha value is -5.22. The predicted molar refractivity (Wildman–Crippen MR) is 292 cm³/mol. The van der Waals surface area contributed by atoms with E-state index in [1.54, 1.807) is 5.56 Å². The number of fused-ring (bicyclic) bond motifs is 12. The smallest absolute Gasteiger partial charge is 0.252 e. The number of rotatable bonds is 2. The van der Waals surface area contributed by atoms with E-state index in [9.17, 15) is 0 Å². The van der Waals surface area contributed by atoms with Crippen LogP contribution in [0.3, 0.4) is 0 Å². The molecular formula is C64H74BN3. The first-order chi connectivity index (χ1) is 31.9. The topological polar surface area (TPSA) is 9.72 Å². The van der Waals surface area contributed by atoms with Gasteiger partial charge in [-0.2, -0.15) is 0 Å². The SMILES string of the molecule is Cc1cc(C)c2c3c1B1c4cc(C(C)(C)C)ccc4N(c4ccc(C(C)(C)C)cc4)c4cc(N5c6ccc(C(C)(C)C)cc6C6(C)CCc7ccccc7C56C)cc(c41)N3C1(C)CCCCC21C. The quantitative estimate of drug-likeness (QED) is 0.160. The molecule has 68 heavy (non-hydrogen) atoms. The van der Waals surface area contributed by atoms with Gasteiger partial charge in [0, 0.05) is 50.6 Å². The lowest BCUT2D eigenvalue weighted by Gasteiger charge is -2.54. The van der Waals surface area contributed by atoms with Crippen molar-refractivity contribution < 1.29 is 0 Å². The van der Waals surface area contributed by atoms with Crippen molar-refractivity contribution in [1.82, 2.24) is 0 Å². The molecule has 0 bridgehead atoms. The third-order valence-corrected chi connectivity index (χ3v) is 19.3. The zero-order chi connectivity index (χ0) is 48.0. The minimum atomic E-state index is -0.340. The Balaban J connectivity index is 1.23. The molecule has 4 unspecified atom stereocenters. The third kappa shape index (κ3) is 5.50. The van der Waals surface area contributed by atoms with Crippen molar-refractivity contribution in [3.05, 3.63) is 153 Å². The molecule has 6 aliphatic rings. The molecule has 6 aromatic carbocycles. The molecule has 1 fully saturated rings. The van der Waals surface area contributed by atoms with Crippen molar-refractivity contribution in [2.45, 2.75) is 181 Å². The summed E-state index contributed by atoms with van der Waals surface area (Å²) in [5.74, 6) is 0. The molecule has 6 aromatic rings. The van der Waals surface area contributed by atoms with Gasteiger partial charge in [-0.3, -0.25) is 0 Å². The van der Waals surface area contributed by atoms with E-state index in [1.807, 2.05) is 0 Å². The summed E-state index contributed by atoms with van der Waals surface area (Å²) in [7, 11) is 0. The maximum atomic E-state index is 2.96. The highest BCUT2D eigenvalue weighted by Gasteiger charge is 2.64. The molecule has 0 spiro atoms. The molecule has 0 aromatic heterocycles. The van der Waals surface area contributed by atoms with Crippen LogP contribution >= 0.6 is 0 Å². The van der Waals surface area contributed by atoms with Gasteiger partial charge in [0.2, 0.25) is 0 Å². The summed E-state index contributed by atoms with van der Waals surface area (Å²) in [6.45, 7) is 36.7. The summed E-state index contributed by atoms with van der Waals surface area (Å²) < 4.78 is 0. The number of benzene rings is 6. The van der Waals surface area contributed by atoms with Gasteiger partial charge in [-0.1, -0.05) is 161 Å². The second-order valence-electron chi connectivity index (χ2n) is 26.2. The molecular weight excluding hydrogens is 822 g/mol. The van der Waals surface area contributed by atoms with Crippen LogP contribution in [-0.2, 0) is 39.0 Å². The molecule has 12 rings (SSSR count). The Labute approximate surface area is 409 Å². The van der Waals surface area contributed by atoms with E-state index in [4.69, 9.17) is 0 Å². The zero-order valence-corrected chi connectivity index (χ0v) is 44.0. The Bertz CT molecular complexity index is 3140. The molecule has 348 valence electrons. The maximum absolute atomic E-state index is 2.96. The summed E-state index contributed by atoms with van der Waals surface area (Å²) >= 11 is 0. The molecule has 4 atom stereocenters. The van der Waals surface area contributed by atoms with E-state index >= 15 is 0 Å². The molecule has 4 heterocycles. The minimum Gasteiger partial charge on any atom is -0.335 e. The standard InChI is InChI=1S/C64H74BN3/c1-39-34-40(2)55-57-54(39)62(13)31-18-19-32-63(62,14)68(57)53-38-46(67-50-28-24-43(59(6,7)8)35-48(50)61(12)33-30-41-20-16-17-21-47(41)64(61,67)15)37-52-56(53)65(55)49-36-44(60(9,10)11)25-29-51(49)66(52)45-26-22-42(23-27-45)58(3,4)5/h16-17,20-29,34-38H,18-19,30-33H2,1-15H3. The van der Waals surface area contributed by atoms with Gasteiger partial charge < -0.3 is 14.7 Å². The van der Waals surface area contributed by atoms with Gasteiger partial charge in [0.25, 0.3) is 6.71 Å². The van der Waals surface area contributed by atoms with Crippen LogP contribution < -0.4 is 31.1 Å². The molecule has 4 aliphatic heterocycles. The van der Waals surface area contributed by atoms with E-state index in [2.05, 4.69) is 222 Å². The lowest BCUT2D eigenvalue weighted by atomic mass is 9.32. The normalized spacial score (nSPS) is 25.3. The van der Waals surface area contributed by atoms with Crippen LogP contribution in [0.25, 0.3) is 0 Å². The summed E-state index contributed by atoms with van der Waals surface area (Å²) in [6, 6.07) is 42.0. The number of aryl methyl sites for hydroxylation is 3. The van der Waals surface area contributed by atoms with Crippen LogP contribution in [0.1, 0.15) is 172 Å². The summed E-state index contributed by atoms with van der Waals surface area (Å²) in [4.78, 5) is 8.48. The lowest BCUT2D eigenvalue weighted by Crippen LogP contribution is -2.65. The highest BCUT2D eigenvalue weighted by Crippen LogP contribution is 2.67. The predicted octanol–water partition coefficient (Wildman–Crippen LogP) is 14.8. The van der Waals surface area contributed by atoms with Gasteiger partial charge in [0.1, 0.15) is 0 Å². The second kappa shape index (κ2) is 13.8. The van der Waals surface area contributed by atoms with Gasteiger partial charge in [-0.15, -0.1) is 0 Å². The fourth-order valence-corrected chi connectivity index (χ4v) is 15.2. The Kier molecular flexibility index (Phi) is 8.91. The summed E-state index contributed by atoms with van der Waals surface area (Å²) in [6.07, 6.45) is 7.10. The van der Waals surface area contributed by atoms with E-state index in [-0.39, 0.29) is 44.9 Å². The van der Waals surface area contributed by atoms with Gasteiger partial charge in [0.05, 0.1) is 11.1 Å². The average Bonchev–Trinajstić information content (AvgIpc) is 3.63. The highest BCUT2D eigenvalue weighted by atomic mass is 15.3. The van der Waals surface area contributed by atoms with Crippen LogP contribution in [0.15, 0.2) is 103 Å². The summed E-state index contributed by atoms with van der Waals surface area (Å²) in [5, 5.41) is 0. The first kappa shape index (κ1) is 44.0. The average molecular weight is 896 g/mol. The van der Waals surface area contributed by atoms with Crippen LogP contribution in [0.5, 0.6) is 0 Å². The number of hydrogen-bond donors (Lipinski definition) is 0. The van der Waals surface area contributed by atoms with Crippen LogP contribution in [0.4, 0.5) is 39.8 Å². The number of nitrogens with zero attached hydrogens (tertiary/aromatic N) is 3. The lowest BCUT2D eigenvalue weighted by molar-refractivity contribution is 0.194. The molecule has 1 saturated carbocycles. The van der Waals surface area contributed by atoms with Crippen molar-refractivity contribution in [3.63, 3.8) is 0 Å². The second-order valence-corrected chi connectivity index (χ2v) is 26.2. The number of hydrogen-bond acceptors (Lipinski definition) is 3. The molecule has 0 amide bonds. The van der Waals surface area contributed by atoms with Gasteiger partial charge in [-0.05, 0) is 167 Å². The Morgan fingerprint density at radius 2 is 1.12 bits per heavy atom. The van der Waals surface area contributed by atoms with Crippen molar-refractivity contribution >= 4 is 62.9 Å².